The van der Waals surface area contributed by atoms with E-state index in [1.807, 2.05) is 16.4 Å². The van der Waals surface area contributed by atoms with E-state index in [2.05, 4.69) is 41.1 Å². The Kier molecular flexibility index (Phi) is 5.86. The van der Waals surface area contributed by atoms with Crippen LogP contribution in [0.15, 0.2) is 10.7 Å². The van der Waals surface area contributed by atoms with Crippen LogP contribution in [0, 0.1) is 0 Å². The topological polar surface area (TPSA) is 38.1 Å². The minimum absolute atomic E-state index is 0.275. The van der Waals surface area contributed by atoms with Gasteiger partial charge in [0.15, 0.2) is 0 Å². The predicted octanol–water partition coefficient (Wildman–Crippen LogP) is 3.40. The molecule has 1 unspecified atom stereocenters. The smallest absolute Gasteiger partial charge is 0.0968 e. The van der Waals surface area contributed by atoms with Crippen molar-refractivity contribution >= 4 is 27.7 Å². The van der Waals surface area contributed by atoms with Crippen LogP contribution in [0.4, 0.5) is 0 Å². The molecular formula is C11H19BrN2OS. The molecule has 3 nitrogen and oxygen atoms in total. The van der Waals surface area contributed by atoms with Crippen molar-refractivity contribution < 1.29 is 5.11 Å². The second-order valence-corrected chi connectivity index (χ2v) is 5.91. The summed E-state index contributed by atoms with van der Waals surface area (Å²) in [5, 5.41) is 14.4. The zero-order valence-corrected chi connectivity index (χ0v) is 12.4. The molecule has 0 saturated carbocycles. The SMILES string of the molecule is CSCCCC(O)c1c(Br)cnn1C(C)C. The first-order valence-corrected chi connectivity index (χ1v) is 7.66. The highest BCUT2D eigenvalue weighted by Gasteiger charge is 2.18. The normalized spacial score (nSPS) is 13.4. The second kappa shape index (κ2) is 6.67. The van der Waals surface area contributed by atoms with Crippen molar-refractivity contribution in [3.05, 3.63) is 16.4 Å². The Morgan fingerprint density at radius 1 is 1.56 bits per heavy atom. The number of aliphatic hydroxyl groups is 1. The fourth-order valence-electron chi connectivity index (χ4n) is 1.63. The summed E-state index contributed by atoms with van der Waals surface area (Å²) in [7, 11) is 0. The average molecular weight is 307 g/mol. The van der Waals surface area contributed by atoms with Crippen LogP contribution in [0.5, 0.6) is 0 Å². The first kappa shape index (κ1) is 14.1. The van der Waals surface area contributed by atoms with Crippen LogP contribution in [-0.2, 0) is 0 Å². The minimum Gasteiger partial charge on any atom is -0.387 e. The van der Waals surface area contributed by atoms with Crippen molar-refractivity contribution in [1.29, 1.82) is 0 Å². The van der Waals surface area contributed by atoms with Crippen LogP contribution in [0.2, 0.25) is 0 Å². The van der Waals surface area contributed by atoms with Gasteiger partial charge in [0.25, 0.3) is 0 Å². The van der Waals surface area contributed by atoms with Gasteiger partial charge in [-0.2, -0.15) is 16.9 Å². The van der Waals surface area contributed by atoms with Crippen molar-refractivity contribution in [1.82, 2.24) is 9.78 Å². The van der Waals surface area contributed by atoms with Gasteiger partial charge in [0, 0.05) is 6.04 Å². The molecule has 16 heavy (non-hydrogen) atoms. The van der Waals surface area contributed by atoms with Crippen molar-refractivity contribution in [2.45, 2.75) is 38.8 Å². The third-order valence-electron chi connectivity index (χ3n) is 2.42. The van der Waals surface area contributed by atoms with Crippen molar-refractivity contribution in [2.75, 3.05) is 12.0 Å². The number of hydrogen-bond acceptors (Lipinski definition) is 3. The molecule has 1 rings (SSSR count). The predicted molar refractivity (Wildman–Crippen MR) is 72.9 cm³/mol. The lowest BCUT2D eigenvalue weighted by Crippen LogP contribution is -2.12. The van der Waals surface area contributed by atoms with Gasteiger partial charge in [0.05, 0.1) is 22.5 Å². The number of thioether (sulfide) groups is 1. The summed E-state index contributed by atoms with van der Waals surface area (Å²) < 4.78 is 2.78. The summed E-state index contributed by atoms with van der Waals surface area (Å²) in [4.78, 5) is 0. The van der Waals surface area contributed by atoms with Gasteiger partial charge in [0.2, 0.25) is 0 Å². The number of rotatable bonds is 6. The number of aliphatic hydroxyl groups excluding tert-OH is 1. The van der Waals surface area contributed by atoms with Crippen LogP contribution in [-0.4, -0.2) is 26.9 Å². The molecule has 0 amide bonds. The molecule has 5 heteroatoms. The van der Waals surface area contributed by atoms with E-state index in [-0.39, 0.29) is 6.04 Å². The Morgan fingerprint density at radius 3 is 2.81 bits per heavy atom. The lowest BCUT2D eigenvalue weighted by atomic mass is 10.1. The van der Waals surface area contributed by atoms with E-state index >= 15 is 0 Å². The van der Waals surface area contributed by atoms with Gasteiger partial charge in [-0.25, -0.2) is 0 Å². The van der Waals surface area contributed by atoms with Gasteiger partial charge >= 0.3 is 0 Å². The molecule has 0 spiro atoms. The number of hydrogen-bond donors (Lipinski definition) is 1. The Bertz CT molecular complexity index is 328. The molecular weight excluding hydrogens is 288 g/mol. The second-order valence-electron chi connectivity index (χ2n) is 4.07. The standard InChI is InChI=1S/C11H19BrN2OS/c1-8(2)14-11(9(12)7-13-14)10(15)5-4-6-16-3/h7-8,10,15H,4-6H2,1-3H3. The van der Waals surface area contributed by atoms with Gasteiger partial charge in [0.1, 0.15) is 0 Å². The number of aromatic nitrogens is 2. The average Bonchev–Trinajstić information content (AvgIpc) is 2.60. The molecule has 1 N–H and O–H groups in total. The highest BCUT2D eigenvalue weighted by Crippen LogP contribution is 2.28. The van der Waals surface area contributed by atoms with E-state index < -0.39 is 6.10 Å². The number of halogens is 1. The Morgan fingerprint density at radius 2 is 2.25 bits per heavy atom. The summed E-state index contributed by atoms with van der Waals surface area (Å²) in [5.74, 6) is 1.09. The molecule has 92 valence electrons. The van der Waals surface area contributed by atoms with Crippen molar-refractivity contribution in [3.8, 4) is 0 Å². The monoisotopic (exact) mass is 306 g/mol. The maximum Gasteiger partial charge on any atom is 0.0968 e. The van der Waals surface area contributed by atoms with E-state index in [4.69, 9.17) is 0 Å². The maximum absolute atomic E-state index is 10.1. The summed E-state index contributed by atoms with van der Waals surface area (Å²) in [6.45, 7) is 4.13. The molecule has 1 atom stereocenters. The molecule has 1 aromatic heterocycles. The molecule has 0 aliphatic rings. The molecule has 1 heterocycles. The van der Waals surface area contributed by atoms with Gasteiger partial charge < -0.3 is 5.11 Å². The first-order chi connectivity index (χ1) is 7.57. The van der Waals surface area contributed by atoms with E-state index in [1.165, 1.54) is 0 Å². The van der Waals surface area contributed by atoms with Crippen LogP contribution >= 0.6 is 27.7 Å². The van der Waals surface area contributed by atoms with Crippen LogP contribution in [0.1, 0.15) is 44.5 Å². The van der Waals surface area contributed by atoms with Crippen LogP contribution < -0.4 is 0 Å². The fraction of sp³-hybridized carbons (Fsp3) is 0.727. The van der Waals surface area contributed by atoms with Gasteiger partial charge in [-0.3, -0.25) is 4.68 Å². The lowest BCUT2D eigenvalue weighted by molar-refractivity contribution is 0.153. The first-order valence-electron chi connectivity index (χ1n) is 5.47. The molecule has 0 saturated heterocycles. The molecule has 0 aromatic carbocycles. The maximum atomic E-state index is 10.1. The molecule has 1 aromatic rings. The van der Waals surface area contributed by atoms with Gasteiger partial charge in [-0.05, 0) is 54.6 Å². The number of nitrogens with zero attached hydrogens (tertiary/aromatic N) is 2. The highest BCUT2D eigenvalue weighted by molar-refractivity contribution is 9.10. The van der Waals surface area contributed by atoms with Crippen LogP contribution in [0.25, 0.3) is 0 Å². The van der Waals surface area contributed by atoms with E-state index in [1.54, 1.807) is 6.20 Å². The fourth-order valence-corrected chi connectivity index (χ4v) is 2.62. The Hall–Kier alpha value is 0. The largest absolute Gasteiger partial charge is 0.387 e. The Labute approximate surface area is 110 Å². The lowest BCUT2D eigenvalue weighted by Gasteiger charge is -2.16. The zero-order chi connectivity index (χ0) is 12.1. The highest BCUT2D eigenvalue weighted by atomic mass is 79.9. The Balaban J connectivity index is 2.73. The third kappa shape index (κ3) is 3.50. The van der Waals surface area contributed by atoms with E-state index in [0.29, 0.717) is 0 Å². The molecule has 0 bridgehead atoms. The molecule has 0 aliphatic heterocycles. The molecule has 0 radical (unpaired) electrons. The van der Waals surface area contributed by atoms with Gasteiger partial charge in [-0.15, -0.1) is 0 Å². The summed E-state index contributed by atoms with van der Waals surface area (Å²) in [5.41, 5.74) is 0.899. The quantitative estimate of drug-likeness (QED) is 0.819. The van der Waals surface area contributed by atoms with E-state index in [0.717, 1.165) is 28.8 Å². The summed E-state index contributed by atoms with van der Waals surface area (Å²) in [6, 6.07) is 0.275. The third-order valence-corrected chi connectivity index (χ3v) is 3.73. The zero-order valence-electron chi connectivity index (χ0n) is 9.98. The van der Waals surface area contributed by atoms with Crippen LogP contribution in [0.3, 0.4) is 0 Å². The minimum atomic E-state index is -0.425. The molecule has 0 aliphatic carbocycles. The molecule has 0 fully saturated rings. The van der Waals surface area contributed by atoms with Crippen molar-refractivity contribution in [2.24, 2.45) is 0 Å². The van der Waals surface area contributed by atoms with Crippen molar-refractivity contribution in [3.63, 3.8) is 0 Å². The summed E-state index contributed by atoms with van der Waals surface area (Å²) in [6.07, 6.45) is 5.23. The summed E-state index contributed by atoms with van der Waals surface area (Å²) >= 11 is 5.26. The van der Waals surface area contributed by atoms with Gasteiger partial charge in [-0.1, -0.05) is 0 Å². The van der Waals surface area contributed by atoms with E-state index in [9.17, 15) is 5.11 Å².